The minimum atomic E-state index is -1.42. The molecule has 0 spiro atoms. The fourth-order valence-corrected chi connectivity index (χ4v) is 1.27. The van der Waals surface area contributed by atoms with E-state index in [2.05, 4.69) is 0 Å². The fraction of sp³-hybridized carbons (Fsp3) is 0.417. The molecule has 3 heteroatoms. The maximum Gasteiger partial charge on any atom is 0.335 e. The van der Waals surface area contributed by atoms with Gasteiger partial charge in [0.1, 0.15) is 5.67 Å². The van der Waals surface area contributed by atoms with E-state index in [1.54, 1.807) is 13.8 Å². The van der Waals surface area contributed by atoms with E-state index in [-0.39, 0.29) is 11.5 Å². The second-order valence-corrected chi connectivity index (χ2v) is 4.11. The van der Waals surface area contributed by atoms with Crippen LogP contribution in [0.25, 0.3) is 0 Å². The lowest BCUT2D eigenvalue weighted by Gasteiger charge is -2.25. The first kappa shape index (κ1) is 11.7. The van der Waals surface area contributed by atoms with Gasteiger partial charge in [-0.25, -0.2) is 9.18 Å². The summed E-state index contributed by atoms with van der Waals surface area (Å²) in [5.41, 5.74) is -0.724. The van der Waals surface area contributed by atoms with Gasteiger partial charge in [-0.15, -0.1) is 0 Å². The molecule has 1 aromatic carbocycles. The summed E-state index contributed by atoms with van der Waals surface area (Å²) >= 11 is 0. The Labute approximate surface area is 88.7 Å². The van der Waals surface area contributed by atoms with E-state index < -0.39 is 11.6 Å². The van der Waals surface area contributed by atoms with Gasteiger partial charge in [0.05, 0.1) is 5.56 Å². The van der Waals surface area contributed by atoms with Gasteiger partial charge in [0.2, 0.25) is 0 Å². The van der Waals surface area contributed by atoms with Crippen molar-refractivity contribution in [3.8, 4) is 0 Å². The van der Waals surface area contributed by atoms with Gasteiger partial charge in [-0.2, -0.15) is 0 Å². The number of alkyl halides is 1. The Kier molecular flexibility index (Phi) is 3.12. The van der Waals surface area contributed by atoms with Crippen LogP contribution in [0.4, 0.5) is 4.39 Å². The zero-order valence-corrected chi connectivity index (χ0v) is 9.12. The first-order valence-corrected chi connectivity index (χ1v) is 4.88. The molecule has 1 N–H and O–H groups in total. The fourth-order valence-electron chi connectivity index (χ4n) is 1.27. The van der Waals surface area contributed by atoms with Gasteiger partial charge >= 0.3 is 5.97 Å². The van der Waals surface area contributed by atoms with Crippen LogP contribution in [0.5, 0.6) is 0 Å². The summed E-state index contributed by atoms with van der Waals surface area (Å²) in [7, 11) is 0. The minimum absolute atomic E-state index is 0.145. The Morgan fingerprint density at radius 1 is 1.33 bits per heavy atom. The molecule has 0 radical (unpaired) electrons. The number of aromatic carboxylic acids is 1. The molecular formula is C12H15FO2. The second-order valence-electron chi connectivity index (χ2n) is 4.11. The lowest BCUT2D eigenvalue weighted by atomic mass is 9.87. The van der Waals surface area contributed by atoms with Crippen molar-refractivity contribution in [2.45, 2.75) is 26.4 Å². The number of hydrogen-bond acceptors (Lipinski definition) is 1. The molecule has 0 heterocycles. The molecule has 0 amide bonds. The van der Waals surface area contributed by atoms with E-state index >= 15 is 0 Å². The summed E-state index contributed by atoms with van der Waals surface area (Å²) in [6.45, 7) is 5.10. The van der Waals surface area contributed by atoms with Crippen molar-refractivity contribution >= 4 is 5.97 Å². The summed E-state index contributed by atoms with van der Waals surface area (Å²) < 4.78 is 14.1. The van der Waals surface area contributed by atoms with Crippen LogP contribution in [-0.4, -0.2) is 11.1 Å². The maximum atomic E-state index is 14.1. The molecule has 0 aliphatic heterocycles. The standard InChI is InChI=1S/C12H15FO2/c1-8(2)12(3,13)10-6-4-9(5-7-10)11(14)15/h4-8H,1-3H3,(H,14,15). The van der Waals surface area contributed by atoms with Crippen molar-refractivity contribution in [2.24, 2.45) is 5.92 Å². The number of hydrogen-bond donors (Lipinski definition) is 1. The van der Waals surface area contributed by atoms with E-state index in [0.29, 0.717) is 5.56 Å². The molecule has 1 unspecified atom stereocenters. The summed E-state index contributed by atoms with van der Waals surface area (Å²) in [6, 6.07) is 5.92. The molecule has 15 heavy (non-hydrogen) atoms. The van der Waals surface area contributed by atoms with E-state index in [9.17, 15) is 9.18 Å². The van der Waals surface area contributed by atoms with Gasteiger partial charge in [-0.3, -0.25) is 0 Å². The number of benzene rings is 1. The summed E-state index contributed by atoms with van der Waals surface area (Å²) in [5.74, 6) is -1.14. The van der Waals surface area contributed by atoms with E-state index in [1.807, 2.05) is 0 Å². The molecule has 0 aliphatic rings. The zero-order valence-electron chi connectivity index (χ0n) is 9.12. The first-order chi connectivity index (χ1) is 6.85. The lowest BCUT2D eigenvalue weighted by Crippen LogP contribution is -2.22. The molecular weight excluding hydrogens is 195 g/mol. The number of carbonyl (C=O) groups is 1. The third-order valence-corrected chi connectivity index (χ3v) is 2.78. The molecule has 1 aromatic rings. The summed E-state index contributed by atoms with van der Waals surface area (Å²) in [6.07, 6.45) is 0. The number of carboxylic acids is 1. The van der Waals surface area contributed by atoms with Crippen molar-refractivity contribution in [2.75, 3.05) is 0 Å². The van der Waals surface area contributed by atoms with Crippen LogP contribution in [0.3, 0.4) is 0 Å². The highest BCUT2D eigenvalue weighted by Crippen LogP contribution is 2.33. The molecule has 0 bridgehead atoms. The number of rotatable bonds is 3. The second kappa shape index (κ2) is 4.01. The van der Waals surface area contributed by atoms with Crippen molar-refractivity contribution in [1.29, 1.82) is 0 Å². The van der Waals surface area contributed by atoms with Crippen LogP contribution >= 0.6 is 0 Å². The Bertz CT molecular complexity index is 352. The summed E-state index contributed by atoms with van der Waals surface area (Å²) in [5, 5.41) is 8.69. The molecule has 0 saturated carbocycles. The molecule has 1 atom stereocenters. The van der Waals surface area contributed by atoms with Crippen molar-refractivity contribution in [3.05, 3.63) is 35.4 Å². The quantitative estimate of drug-likeness (QED) is 0.831. The van der Waals surface area contributed by atoms with E-state index in [4.69, 9.17) is 5.11 Å². The van der Waals surface area contributed by atoms with Crippen LogP contribution in [-0.2, 0) is 5.67 Å². The molecule has 82 valence electrons. The molecule has 0 aliphatic carbocycles. The van der Waals surface area contributed by atoms with Crippen LogP contribution in [0.2, 0.25) is 0 Å². The lowest BCUT2D eigenvalue weighted by molar-refractivity contribution is 0.0696. The van der Waals surface area contributed by atoms with Crippen molar-refractivity contribution in [3.63, 3.8) is 0 Å². The Morgan fingerprint density at radius 2 is 1.80 bits per heavy atom. The van der Waals surface area contributed by atoms with Crippen LogP contribution < -0.4 is 0 Å². The normalized spacial score (nSPS) is 15.0. The SMILES string of the molecule is CC(C)C(C)(F)c1ccc(C(=O)O)cc1. The predicted molar refractivity (Wildman–Crippen MR) is 56.7 cm³/mol. The Morgan fingerprint density at radius 3 is 2.13 bits per heavy atom. The third kappa shape index (κ3) is 2.35. The van der Waals surface area contributed by atoms with Gasteiger partial charge in [0, 0.05) is 0 Å². The van der Waals surface area contributed by atoms with Gasteiger partial charge in [0.15, 0.2) is 0 Å². The van der Waals surface area contributed by atoms with E-state index in [0.717, 1.165) is 0 Å². The van der Waals surface area contributed by atoms with Crippen molar-refractivity contribution < 1.29 is 14.3 Å². The molecule has 0 fully saturated rings. The smallest absolute Gasteiger partial charge is 0.335 e. The van der Waals surface area contributed by atoms with Gasteiger partial charge < -0.3 is 5.11 Å². The molecule has 2 nitrogen and oxygen atoms in total. The van der Waals surface area contributed by atoms with E-state index in [1.165, 1.54) is 31.2 Å². The van der Waals surface area contributed by atoms with Crippen LogP contribution in [0.1, 0.15) is 36.7 Å². The number of carboxylic acid groups (broad SMARTS) is 1. The zero-order chi connectivity index (χ0) is 11.6. The highest BCUT2D eigenvalue weighted by atomic mass is 19.1. The van der Waals surface area contributed by atoms with Gasteiger partial charge in [0.25, 0.3) is 0 Å². The van der Waals surface area contributed by atoms with Crippen molar-refractivity contribution in [1.82, 2.24) is 0 Å². The Balaban J connectivity index is 3.04. The van der Waals surface area contributed by atoms with Gasteiger partial charge in [-0.1, -0.05) is 26.0 Å². The largest absolute Gasteiger partial charge is 0.478 e. The summed E-state index contributed by atoms with van der Waals surface area (Å²) in [4.78, 5) is 10.6. The predicted octanol–water partition coefficient (Wildman–Crippen LogP) is 3.23. The maximum absolute atomic E-state index is 14.1. The first-order valence-electron chi connectivity index (χ1n) is 4.88. The molecule has 1 rings (SSSR count). The average molecular weight is 210 g/mol. The monoisotopic (exact) mass is 210 g/mol. The molecule has 0 aromatic heterocycles. The minimum Gasteiger partial charge on any atom is -0.478 e. The highest BCUT2D eigenvalue weighted by molar-refractivity contribution is 5.87. The third-order valence-electron chi connectivity index (χ3n) is 2.78. The molecule has 0 saturated heterocycles. The number of halogens is 1. The van der Waals surface area contributed by atoms with Crippen LogP contribution in [0, 0.1) is 5.92 Å². The topological polar surface area (TPSA) is 37.3 Å². The van der Waals surface area contributed by atoms with Crippen LogP contribution in [0.15, 0.2) is 24.3 Å². The Hall–Kier alpha value is -1.38. The average Bonchev–Trinajstić information content (AvgIpc) is 2.17. The highest BCUT2D eigenvalue weighted by Gasteiger charge is 2.29. The van der Waals surface area contributed by atoms with Gasteiger partial charge in [-0.05, 0) is 30.5 Å².